The number of aromatic nitrogens is 2. The molecule has 0 atom stereocenters. The highest BCUT2D eigenvalue weighted by Gasteiger charge is 2.36. The van der Waals surface area contributed by atoms with Crippen LogP contribution in [0, 0.1) is 0 Å². The third-order valence-corrected chi connectivity index (χ3v) is 5.15. The first-order valence-corrected chi connectivity index (χ1v) is 8.69. The molecule has 1 heterocycles. The van der Waals surface area contributed by atoms with E-state index in [9.17, 15) is 0 Å². The summed E-state index contributed by atoms with van der Waals surface area (Å²) in [5.74, 6) is 0. The van der Waals surface area contributed by atoms with E-state index in [2.05, 4.69) is 41.5 Å². The summed E-state index contributed by atoms with van der Waals surface area (Å²) in [6.45, 7) is 10.4. The Kier molecular flexibility index (Phi) is 5.82. The number of aryl methyl sites for hydroxylation is 2. The Labute approximate surface area is 129 Å². The standard InChI is InChI=1S/C17H32N4/c1-4-15-12-16(21(6-3)19-15)13-20(5-2)17(14-18)10-8-7-9-11-17/h12H,4-11,13-14,18H2,1-3H3. The second kappa shape index (κ2) is 7.41. The smallest absolute Gasteiger partial charge is 0.0625 e. The lowest BCUT2D eigenvalue weighted by atomic mass is 9.80. The van der Waals surface area contributed by atoms with Crippen LogP contribution < -0.4 is 5.73 Å². The molecule has 0 aromatic carbocycles. The first-order chi connectivity index (χ1) is 10.2. The highest BCUT2D eigenvalue weighted by Crippen LogP contribution is 2.33. The van der Waals surface area contributed by atoms with Gasteiger partial charge in [-0.2, -0.15) is 5.10 Å². The van der Waals surface area contributed by atoms with Gasteiger partial charge in [0, 0.05) is 25.2 Å². The van der Waals surface area contributed by atoms with E-state index < -0.39 is 0 Å². The normalized spacial score (nSPS) is 18.3. The van der Waals surface area contributed by atoms with Gasteiger partial charge in [0.1, 0.15) is 0 Å². The highest BCUT2D eigenvalue weighted by atomic mass is 15.3. The van der Waals surface area contributed by atoms with Gasteiger partial charge in [-0.15, -0.1) is 0 Å². The molecule has 0 radical (unpaired) electrons. The van der Waals surface area contributed by atoms with E-state index in [4.69, 9.17) is 5.73 Å². The summed E-state index contributed by atoms with van der Waals surface area (Å²) in [7, 11) is 0. The molecule has 1 aromatic rings. The van der Waals surface area contributed by atoms with Gasteiger partial charge in [-0.25, -0.2) is 0 Å². The zero-order chi connectivity index (χ0) is 15.3. The van der Waals surface area contributed by atoms with E-state index in [1.165, 1.54) is 43.5 Å². The van der Waals surface area contributed by atoms with Crippen LogP contribution in [0.3, 0.4) is 0 Å². The lowest BCUT2D eigenvalue weighted by Crippen LogP contribution is -2.54. The Balaban J connectivity index is 2.19. The van der Waals surface area contributed by atoms with Gasteiger partial charge in [0.2, 0.25) is 0 Å². The Morgan fingerprint density at radius 2 is 1.95 bits per heavy atom. The molecule has 1 saturated carbocycles. The van der Waals surface area contributed by atoms with Crippen molar-refractivity contribution in [3.8, 4) is 0 Å². The molecule has 120 valence electrons. The van der Waals surface area contributed by atoms with E-state index in [1.807, 2.05) is 0 Å². The lowest BCUT2D eigenvalue weighted by molar-refractivity contribution is 0.0523. The van der Waals surface area contributed by atoms with Crippen LogP contribution in [0.15, 0.2) is 6.07 Å². The van der Waals surface area contributed by atoms with Crippen molar-refractivity contribution in [2.75, 3.05) is 13.1 Å². The molecule has 0 amide bonds. The molecule has 4 heteroatoms. The van der Waals surface area contributed by atoms with Crippen LogP contribution >= 0.6 is 0 Å². The molecule has 0 bridgehead atoms. The molecule has 2 rings (SSSR count). The van der Waals surface area contributed by atoms with Crippen molar-refractivity contribution >= 4 is 0 Å². The third-order valence-electron chi connectivity index (χ3n) is 5.15. The lowest BCUT2D eigenvalue weighted by Gasteiger charge is -2.45. The zero-order valence-corrected chi connectivity index (χ0v) is 14.1. The first-order valence-electron chi connectivity index (χ1n) is 8.69. The maximum absolute atomic E-state index is 6.21. The first kappa shape index (κ1) is 16.5. The fourth-order valence-electron chi connectivity index (χ4n) is 3.76. The predicted molar refractivity (Wildman–Crippen MR) is 88.2 cm³/mol. The van der Waals surface area contributed by atoms with Crippen molar-refractivity contribution in [2.45, 2.75) is 77.9 Å². The molecule has 21 heavy (non-hydrogen) atoms. The number of rotatable bonds is 7. The quantitative estimate of drug-likeness (QED) is 0.840. The fraction of sp³-hybridized carbons (Fsp3) is 0.824. The molecular weight excluding hydrogens is 260 g/mol. The summed E-state index contributed by atoms with van der Waals surface area (Å²) in [6, 6.07) is 2.28. The minimum absolute atomic E-state index is 0.211. The van der Waals surface area contributed by atoms with Crippen LogP contribution in [-0.4, -0.2) is 33.3 Å². The molecule has 4 nitrogen and oxygen atoms in total. The summed E-state index contributed by atoms with van der Waals surface area (Å²) in [5.41, 5.74) is 8.96. The summed E-state index contributed by atoms with van der Waals surface area (Å²) in [4.78, 5) is 2.61. The number of likely N-dealkylation sites (N-methyl/N-ethyl adjacent to an activating group) is 1. The summed E-state index contributed by atoms with van der Waals surface area (Å²) in [6.07, 6.45) is 7.51. The molecule has 2 N–H and O–H groups in total. The van der Waals surface area contributed by atoms with Gasteiger partial charge >= 0.3 is 0 Å². The van der Waals surface area contributed by atoms with Crippen molar-refractivity contribution in [1.29, 1.82) is 0 Å². The van der Waals surface area contributed by atoms with Crippen LogP contribution in [0.2, 0.25) is 0 Å². The van der Waals surface area contributed by atoms with Gasteiger partial charge in [-0.3, -0.25) is 9.58 Å². The average Bonchev–Trinajstić information content (AvgIpc) is 2.95. The molecule has 0 spiro atoms. The van der Waals surface area contributed by atoms with E-state index in [0.717, 1.165) is 32.6 Å². The van der Waals surface area contributed by atoms with Crippen molar-refractivity contribution in [1.82, 2.24) is 14.7 Å². The van der Waals surface area contributed by atoms with Crippen molar-refractivity contribution in [3.05, 3.63) is 17.5 Å². The van der Waals surface area contributed by atoms with Gasteiger partial charge in [-0.05, 0) is 38.8 Å². The maximum atomic E-state index is 6.21. The van der Waals surface area contributed by atoms with Gasteiger partial charge in [0.25, 0.3) is 0 Å². The van der Waals surface area contributed by atoms with Crippen LogP contribution in [0.4, 0.5) is 0 Å². The SMILES string of the molecule is CCc1cc(CN(CC)C2(CN)CCCCC2)n(CC)n1. The average molecular weight is 292 g/mol. The second-order valence-electron chi connectivity index (χ2n) is 6.30. The van der Waals surface area contributed by atoms with Gasteiger partial charge in [-0.1, -0.05) is 33.1 Å². The Hall–Kier alpha value is -0.870. The summed E-state index contributed by atoms with van der Waals surface area (Å²) in [5, 5.41) is 4.69. The second-order valence-corrected chi connectivity index (χ2v) is 6.30. The molecular formula is C17H32N4. The van der Waals surface area contributed by atoms with Crippen LogP contribution in [0.1, 0.15) is 64.3 Å². The molecule has 1 aromatic heterocycles. The number of hydrogen-bond acceptors (Lipinski definition) is 3. The van der Waals surface area contributed by atoms with Gasteiger partial charge < -0.3 is 5.73 Å². The van der Waals surface area contributed by atoms with Crippen molar-refractivity contribution in [2.24, 2.45) is 5.73 Å². The van der Waals surface area contributed by atoms with E-state index in [-0.39, 0.29) is 5.54 Å². The minimum atomic E-state index is 0.211. The van der Waals surface area contributed by atoms with E-state index >= 15 is 0 Å². The minimum Gasteiger partial charge on any atom is -0.329 e. The molecule has 1 aliphatic rings. The van der Waals surface area contributed by atoms with E-state index in [0.29, 0.717) is 0 Å². The van der Waals surface area contributed by atoms with Crippen LogP contribution in [0.25, 0.3) is 0 Å². The van der Waals surface area contributed by atoms with Crippen molar-refractivity contribution < 1.29 is 0 Å². The van der Waals surface area contributed by atoms with Gasteiger partial charge in [0.15, 0.2) is 0 Å². The molecule has 0 saturated heterocycles. The van der Waals surface area contributed by atoms with Gasteiger partial charge in [0.05, 0.1) is 11.4 Å². The van der Waals surface area contributed by atoms with Crippen LogP contribution in [-0.2, 0) is 19.5 Å². The Morgan fingerprint density at radius 1 is 1.24 bits per heavy atom. The maximum Gasteiger partial charge on any atom is 0.0625 e. The molecule has 1 aliphatic carbocycles. The number of hydrogen-bond donors (Lipinski definition) is 1. The Morgan fingerprint density at radius 3 is 2.48 bits per heavy atom. The monoisotopic (exact) mass is 292 g/mol. The molecule has 0 unspecified atom stereocenters. The highest BCUT2D eigenvalue weighted by molar-refractivity contribution is 5.11. The number of nitrogens with two attached hydrogens (primary N) is 1. The topological polar surface area (TPSA) is 47.1 Å². The zero-order valence-electron chi connectivity index (χ0n) is 14.1. The largest absolute Gasteiger partial charge is 0.329 e. The predicted octanol–water partition coefficient (Wildman–Crippen LogP) is 2.95. The molecule has 1 fully saturated rings. The van der Waals surface area contributed by atoms with Crippen molar-refractivity contribution in [3.63, 3.8) is 0 Å². The van der Waals surface area contributed by atoms with Crippen LogP contribution in [0.5, 0.6) is 0 Å². The Bertz CT molecular complexity index is 432. The van der Waals surface area contributed by atoms with E-state index in [1.54, 1.807) is 0 Å². The fourth-order valence-corrected chi connectivity index (χ4v) is 3.76. The summed E-state index contributed by atoms with van der Waals surface area (Å²) < 4.78 is 2.16. The summed E-state index contributed by atoms with van der Waals surface area (Å²) >= 11 is 0. The number of nitrogens with zero attached hydrogens (tertiary/aromatic N) is 3. The molecule has 0 aliphatic heterocycles. The third kappa shape index (κ3) is 3.49.